The summed E-state index contributed by atoms with van der Waals surface area (Å²) in [5.74, 6) is 1.16. The molecule has 0 spiro atoms. The Morgan fingerprint density at radius 2 is 1.53 bits per heavy atom. The molecule has 1 aromatic rings. The summed E-state index contributed by atoms with van der Waals surface area (Å²) >= 11 is 0. The molecule has 5 rings (SSSR count). The van der Waals surface area contributed by atoms with E-state index in [9.17, 15) is 18.0 Å². The van der Waals surface area contributed by atoms with Gasteiger partial charge in [-0.2, -0.15) is 4.31 Å². The standard InChI is InChI=1S/C15H19NO4S.C8H13NO2/c1-9-4-6-11(7-5-9)21(18,19)16-8-12-13(10(16)2)14(12)15(17)20-3;1-4-6-5(3-9-4)7(6)8(10)11-2/h4-7,10,12-14H,8H2,1-3H3;4-7,9H,3H2,1-2H3/t10?,12-,13+,14+;4?,5-,6+,7+/m00/s1. The van der Waals surface area contributed by atoms with Crippen molar-refractivity contribution in [2.24, 2.45) is 35.5 Å². The first kappa shape index (κ1) is 23.2. The number of methoxy groups -OCH3 is 2. The summed E-state index contributed by atoms with van der Waals surface area (Å²) in [7, 11) is -0.638. The van der Waals surface area contributed by atoms with Crippen LogP contribution in [0, 0.1) is 42.4 Å². The second kappa shape index (κ2) is 8.43. The Hall–Kier alpha value is -1.97. The number of carbonyl (C=O) groups excluding carboxylic acids is 2. The van der Waals surface area contributed by atoms with Crippen LogP contribution < -0.4 is 5.32 Å². The van der Waals surface area contributed by atoms with Crippen molar-refractivity contribution in [2.75, 3.05) is 27.3 Å². The van der Waals surface area contributed by atoms with Crippen molar-refractivity contribution >= 4 is 22.0 Å². The van der Waals surface area contributed by atoms with E-state index in [0.717, 1.165) is 12.1 Å². The van der Waals surface area contributed by atoms with Gasteiger partial charge in [0.05, 0.1) is 31.0 Å². The summed E-state index contributed by atoms with van der Waals surface area (Å²) in [5.41, 5.74) is 1.03. The van der Waals surface area contributed by atoms with E-state index < -0.39 is 10.0 Å². The number of hydrogen-bond donors (Lipinski definition) is 1. The first-order chi connectivity index (χ1) is 15.1. The molecule has 2 saturated heterocycles. The molecule has 0 radical (unpaired) electrons. The van der Waals surface area contributed by atoms with Gasteiger partial charge in [0.25, 0.3) is 0 Å². The summed E-state index contributed by atoms with van der Waals surface area (Å²) in [6.07, 6.45) is 0. The Morgan fingerprint density at radius 1 is 0.969 bits per heavy atom. The van der Waals surface area contributed by atoms with Crippen LogP contribution in [0.25, 0.3) is 0 Å². The predicted octanol–water partition coefficient (Wildman–Crippen LogP) is 1.44. The molecule has 2 aliphatic carbocycles. The van der Waals surface area contributed by atoms with Gasteiger partial charge in [0.1, 0.15) is 0 Å². The minimum absolute atomic E-state index is 0.0200. The summed E-state index contributed by atoms with van der Waals surface area (Å²) in [5, 5.41) is 3.32. The molecule has 2 unspecified atom stereocenters. The van der Waals surface area contributed by atoms with Gasteiger partial charge in [-0.25, -0.2) is 8.42 Å². The number of nitrogens with zero attached hydrogens (tertiary/aromatic N) is 1. The average Bonchev–Trinajstić information content (AvgIpc) is 3.61. The SMILES string of the molecule is COC(=O)[C@@H]1[C@H]2CN(S(=O)(=O)c3ccc(C)cc3)C(C)[C@H]21.COC(=O)[C@@H]1[C@H]2CNC(C)[C@H]21. The summed E-state index contributed by atoms with van der Waals surface area (Å²) in [4.78, 5) is 23.0. The van der Waals surface area contributed by atoms with Crippen LogP contribution in [0.2, 0.25) is 0 Å². The van der Waals surface area contributed by atoms with Crippen LogP contribution >= 0.6 is 0 Å². The highest BCUT2D eigenvalue weighted by Gasteiger charge is 2.65. The fourth-order valence-electron chi connectivity index (χ4n) is 5.76. The summed E-state index contributed by atoms with van der Waals surface area (Å²) in [6, 6.07) is 7.21. The topological polar surface area (TPSA) is 102 Å². The van der Waals surface area contributed by atoms with E-state index in [-0.39, 0.29) is 41.7 Å². The third kappa shape index (κ3) is 3.84. The van der Waals surface area contributed by atoms with Gasteiger partial charge in [0.15, 0.2) is 0 Å². The van der Waals surface area contributed by atoms with E-state index in [0.29, 0.717) is 29.3 Å². The Bertz CT molecular complexity index is 994. The number of benzene rings is 1. The van der Waals surface area contributed by atoms with Crippen LogP contribution in [-0.2, 0) is 29.1 Å². The van der Waals surface area contributed by atoms with Gasteiger partial charge in [-0.3, -0.25) is 9.59 Å². The van der Waals surface area contributed by atoms with Crippen molar-refractivity contribution < 1.29 is 27.5 Å². The molecule has 176 valence electrons. The van der Waals surface area contributed by atoms with Gasteiger partial charge < -0.3 is 14.8 Å². The maximum absolute atomic E-state index is 12.7. The lowest BCUT2D eigenvalue weighted by Crippen LogP contribution is -2.38. The number of piperidine rings is 2. The van der Waals surface area contributed by atoms with Crippen LogP contribution in [0.5, 0.6) is 0 Å². The Labute approximate surface area is 189 Å². The minimum Gasteiger partial charge on any atom is -0.469 e. The van der Waals surface area contributed by atoms with Crippen molar-refractivity contribution in [3.8, 4) is 0 Å². The molecule has 0 aromatic heterocycles. The molecular formula is C23H32N2O6S. The molecule has 4 fully saturated rings. The Balaban J connectivity index is 0.000000186. The number of nitrogens with one attached hydrogen (secondary N) is 1. The number of rotatable bonds is 4. The Morgan fingerprint density at radius 3 is 1.97 bits per heavy atom. The molecule has 2 heterocycles. The quantitative estimate of drug-likeness (QED) is 0.673. The highest BCUT2D eigenvalue weighted by atomic mass is 32.2. The first-order valence-electron chi connectivity index (χ1n) is 11.1. The van der Waals surface area contributed by atoms with Crippen LogP contribution in [0.4, 0.5) is 0 Å². The molecule has 0 bridgehead atoms. The second-order valence-electron chi connectivity index (χ2n) is 9.41. The fraction of sp³-hybridized carbons (Fsp3) is 0.652. The van der Waals surface area contributed by atoms with E-state index in [1.54, 1.807) is 24.3 Å². The molecule has 4 aliphatic rings. The van der Waals surface area contributed by atoms with Crippen molar-refractivity contribution in [3.63, 3.8) is 0 Å². The lowest BCUT2D eigenvalue weighted by atomic mass is 10.2. The normalized spacial score (nSPS) is 36.9. The number of fused-ring (bicyclic) bond motifs is 2. The van der Waals surface area contributed by atoms with Gasteiger partial charge in [-0.15, -0.1) is 0 Å². The molecule has 32 heavy (non-hydrogen) atoms. The average molecular weight is 465 g/mol. The molecule has 8 atom stereocenters. The first-order valence-corrected chi connectivity index (χ1v) is 12.5. The zero-order valence-electron chi connectivity index (χ0n) is 19.1. The number of aryl methyl sites for hydroxylation is 1. The van der Waals surface area contributed by atoms with Crippen molar-refractivity contribution in [1.29, 1.82) is 0 Å². The maximum Gasteiger partial charge on any atom is 0.309 e. The fourth-order valence-corrected chi connectivity index (χ4v) is 7.46. The zero-order valence-corrected chi connectivity index (χ0v) is 20.0. The molecule has 0 amide bonds. The van der Waals surface area contributed by atoms with E-state index >= 15 is 0 Å². The van der Waals surface area contributed by atoms with Crippen LogP contribution in [-0.4, -0.2) is 64.1 Å². The monoisotopic (exact) mass is 464 g/mol. The maximum atomic E-state index is 12.7. The van der Waals surface area contributed by atoms with Crippen LogP contribution in [0.15, 0.2) is 29.2 Å². The lowest BCUT2D eigenvalue weighted by molar-refractivity contribution is -0.144. The van der Waals surface area contributed by atoms with Gasteiger partial charge >= 0.3 is 11.9 Å². The van der Waals surface area contributed by atoms with Gasteiger partial charge in [-0.1, -0.05) is 17.7 Å². The number of esters is 2. The number of hydrogen-bond acceptors (Lipinski definition) is 7. The highest BCUT2D eigenvalue weighted by Crippen LogP contribution is 2.57. The highest BCUT2D eigenvalue weighted by molar-refractivity contribution is 7.89. The molecule has 9 heteroatoms. The largest absolute Gasteiger partial charge is 0.469 e. The van der Waals surface area contributed by atoms with Crippen LogP contribution in [0.3, 0.4) is 0 Å². The minimum atomic E-state index is -3.48. The zero-order chi connectivity index (χ0) is 23.4. The van der Waals surface area contributed by atoms with E-state index in [1.165, 1.54) is 18.5 Å². The Kier molecular flexibility index (Phi) is 6.11. The van der Waals surface area contributed by atoms with Crippen molar-refractivity contribution in [2.45, 2.75) is 37.8 Å². The molecular weight excluding hydrogens is 432 g/mol. The van der Waals surface area contributed by atoms with E-state index in [4.69, 9.17) is 9.47 Å². The van der Waals surface area contributed by atoms with Crippen LogP contribution in [0.1, 0.15) is 19.4 Å². The molecule has 2 aliphatic heterocycles. The van der Waals surface area contributed by atoms with Gasteiger partial charge in [-0.05, 0) is 63.1 Å². The third-order valence-corrected chi connectivity index (χ3v) is 9.66. The number of ether oxygens (including phenoxy) is 2. The molecule has 2 saturated carbocycles. The molecule has 1 aromatic carbocycles. The molecule has 8 nitrogen and oxygen atoms in total. The number of sulfonamides is 1. The lowest BCUT2D eigenvalue weighted by Gasteiger charge is -2.25. The van der Waals surface area contributed by atoms with Gasteiger partial charge in [0.2, 0.25) is 10.0 Å². The van der Waals surface area contributed by atoms with Crippen molar-refractivity contribution in [3.05, 3.63) is 29.8 Å². The summed E-state index contributed by atoms with van der Waals surface area (Å²) in [6.45, 7) is 7.32. The predicted molar refractivity (Wildman–Crippen MR) is 117 cm³/mol. The van der Waals surface area contributed by atoms with Gasteiger partial charge in [0, 0.05) is 18.6 Å². The number of carbonyl (C=O) groups is 2. The molecule has 1 N–H and O–H groups in total. The third-order valence-electron chi connectivity index (χ3n) is 7.69. The second-order valence-corrected chi connectivity index (χ2v) is 11.3. The summed E-state index contributed by atoms with van der Waals surface area (Å²) < 4.78 is 36.3. The van der Waals surface area contributed by atoms with E-state index in [1.807, 2.05) is 13.8 Å². The van der Waals surface area contributed by atoms with E-state index in [2.05, 4.69) is 12.2 Å². The smallest absolute Gasteiger partial charge is 0.309 e. The van der Waals surface area contributed by atoms with Crippen molar-refractivity contribution in [1.82, 2.24) is 9.62 Å².